The number of rotatable bonds is 4. The Bertz CT molecular complexity index is 413. The van der Waals surface area contributed by atoms with E-state index in [1.807, 2.05) is 25.7 Å². The first-order valence-corrected chi connectivity index (χ1v) is 8.45. The molecule has 21 heavy (non-hydrogen) atoms. The fourth-order valence-electron chi connectivity index (χ4n) is 3.91. The van der Waals surface area contributed by atoms with Crippen molar-refractivity contribution >= 4 is 11.8 Å². The number of carbonyl (C=O) groups is 2. The van der Waals surface area contributed by atoms with Crippen LogP contribution >= 0.6 is 0 Å². The molecule has 2 rings (SSSR count). The Labute approximate surface area is 128 Å². The number of piperazine rings is 1. The van der Waals surface area contributed by atoms with Crippen LogP contribution in [0.2, 0.25) is 0 Å². The molecule has 3 unspecified atom stereocenters. The van der Waals surface area contributed by atoms with E-state index < -0.39 is 0 Å². The van der Waals surface area contributed by atoms with E-state index in [-0.39, 0.29) is 41.3 Å². The van der Waals surface area contributed by atoms with Gasteiger partial charge in [-0.3, -0.25) is 9.59 Å². The first kappa shape index (κ1) is 16.3. The summed E-state index contributed by atoms with van der Waals surface area (Å²) in [5.41, 5.74) is -0.143. The zero-order valence-corrected chi connectivity index (χ0v) is 14.1. The van der Waals surface area contributed by atoms with Crippen molar-refractivity contribution in [3.63, 3.8) is 0 Å². The average molecular weight is 294 g/mol. The zero-order chi connectivity index (χ0) is 15.8. The van der Waals surface area contributed by atoms with Gasteiger partial charge >= 0.3 is 0 Å². The number of nitrogens with zero attached hydrogens (tertiary/aromatic N) is 1. The number of hydrogen-bond acceptors (Lipinski definition) is 2. The van der Waals surface area contributed by atoms with Crippen LogP contribution in [0.1, 0.15) is 66.7 Å². The minimum absolute atomic E-state index is 0.0306. The molecule has 0 bridgehead atoms. The third-order valence-corrected chi connectivity index (χ3v) is 5.45. The molecule has 1 saturated heterocycles. The minimum Gasteiger partial charge on any atom is -0.342 e. The summed E-state index contributed by atoms with van der Waals surface area (Å²) in [4.78, 5) is 27.7. The lowest BCUT2D eigenvalue weighted by Crippen LogP contribution is -2.70. The van der Waals surface area contributed by atoms with Crippen LogP contribution in [0.25, 0.3) is 0 Å². The first-order valence-electron chi connectivity index (χ1n) is 8.45. The van der Waals surface area contributed by atoms with Crippen molar-refractivity contribution in [1.82, 2.24) is 10.2 Å². The summed E-state index contributed by atoms with van der Waals surface area (Å²) < 4.78 is 0. The lowest BCUT2D eigenvalue weighted by molar-refractivity contribution is -0.160. The SMILES string of the molecule is CCC(C)C1NC(=O)C(C(C)C)N(C2(C)CCCC2)C1=O. The van der Waals surface area contributed by atoms with Crippen molar-refractivity contribution in [3.05, 3.63) is 0 Å². The topological polar surface area (TPSA) is 49.4 Å². The van der Waals surface area contributed by atoms with Crippen molar-refractivity contribution < 1.29 is 9.59 Å². The van der Waals surface area contributed by atoms with Gasteiger partial charge in [-0.15, -0.1) is 0 Å². The van der Waals surface area contributed by atoms with Gasteiger partial charge in [-0.25, -0.2) is 0 Å². The van der Waals surface area contributed by atoms with Gasteiger partial charge in [0.05, 0.1) is 0 Å². The standard InChI is InChI=1S/C17H30N2O2/c1-6-12(4)13-16(21)19(17(5)9-7-8-10-17)14(11(2)3)15(20)18-13/h11-14H,6-10H2,1-5H3,(H,18,20). The molecule has 2 fully saturated rings. The summed E-state index contributed by atoms with van der Waals surface area (Å²) in [6.07, 6.45) is 5.24. The van der Waals surface area contributed by atoms with Crippen LogP contribution in [-0.4, -0.2) is 34.3 Å². The summed E-state index contributed by atoms with van der Waals surface area (Å²) in [7, 11) is 0. The summed E-state index contributed by atoms with van der Waals surface area (Å²) >= 11 is 0. The Hall–Kier alpha value is -1.06. The number of amides is 2. The highest BCUT2D eigenvalue weighted by molar-refractivity contribution is 5.97. The molecule has 2 aliphatic rings. The zero-order valence-electron chi connectivity index (χ0n) is 14.1. The first-order chi connectivity index (χ1) is 9.81. The average Bonchev–Trinajstić information content (AvgIpc) is 2.86. The highest BCUT2D eigenvalue weighted by atomic mass is 16.2. The molecule has 120 valence electrons. The predicted octanol–water partition coefficient (Wildman–Crippen LogP) is 2.72. The van der Waals surface area contributed by atoms with Crippen LogP contribution < -0.4 is 5.32 Å². The third-order valence-electron chi connectivity index (χ3n) is 5.45. The van der Waals surface area contributed by atoms with E-state index in [0.717, 1.165) is 32.1 Å². The molecular weight excluding hydrogens is 264 g/mol. The van der Waals surface area contributed by atoms with E-state index in [2.05, 4.69) is 19.2 Å². The van der Waals surface area contributed by atoms with Gasteiger partial charge in [0.15, 0.2) is 0 Å². The summed E-state index contributed by atoms with van der Waals surface area (Å²) in [6.45, 7) is 10.4. The van der Waals surface area contributed by atoms with Crippen molar-refractivity contribution in [3.8, 4) is 0 Å². The Balaban J connectivity index is 2.37. The Morgan fingerprint density at radius 2 is 1.81 bits per heavy atom. The van der Waals surface area contributed by atoms with E-state index in [1.165, 1.54) is 0 Å². The monoisotopic (exact) mass is 294 g/mol. The van der Waals surface area contributed by atoms with Gasteiger partial charge < -0.3 is 10.2 Å². The van der Waals surface area contributed by atoms with E-state index in [0.29, 0.717) is 0 Å². The molecule has 4 heteroatoms. The highest BCUT2D eigenvalue weighted by Gasteiger charge is 2.51. The molecule has 1 aliphatic carbocycles. The van der Waals surface area contributed by atoms with Crippen LogP contribution in [0.4, 0.5) is 0 Å². The summed E-state index contributed by atoms with van der Waals surface area (Å²) in [5, 5.41) is 2.99. The largest absolute Gasteiger partial charge is 0.342 e. The van der Waals surface area contributed by atoms with E-state index >= 15 is 0 Å². The molecule has 1 aliphatic heterocycles. The molecule has 0 aromatic heterocycles. The summed E-state index contributed by atoms with van der Waals surface area (Å²) in [6, 6.07) is -0.671. The highest BCUT2D eigenvalue weighted by Crippen LogP contribution is 2.39. The molecule has 2 amide bonds. The van der Waals surface area contributed by atoms with E-state index in [4.69, 9.17) is 0 Å². The lowest BCUT2D eigenvalue weighted by atomic mass is 9.85. The van der Waals surface area contributed by atoms with Gasteiger partial charge in [0.2, 0.25) is 11.8 Å². The molecule has 0 spiro atoms. The molecular formula is C17H30N2O2. The Morgan fingerprint density at radius 1 is 1.24 bits per heavy atom. The van der Waals surface area contributed by atoms with Crippen molar-refractivity contribution in [1.29, 1.82) is 0 Å². The fourth-order valence-corrected chi connectivity index (χ4v) is 3.91. The van der Waals surface area contributed by atoms with Crippen molar-refractivity contribution in [2.24, 2.45) is 11.8 Å². The third kappa shape index (κ3) is 2.82. The van der Waals surface area contributed by atoms with Gasteiger partial charge in [-0.1, -0.05) is 47.0 Å². The van der Waals surface area contributed by atoms with Crippen molar-refractivity contribution in [2.75, 3.05) is 0 Å². The second-order valence-corrected chi connectivity index (χ2v) is 7.47. The predicted molar refractivity (Wildman–Crippen MR) is 83.7 cm³/mol. The van der Waals surface area contributed by atoms with Gasteiger partial charge in [0.1, 0.15) is 12.1 Å². The quantitative estimate of drug-likeness (QED) is 0.866. The number of nitrogens with one attached hydrogen (secondary N) is 1. The maximum absolute atomic E-state index is 13.1. The van der Waals surface area contributed by atoms with Crippen LogP contribution in [-0.2, 0) is 9.59 Å². The van der Waals surface area contributed by atoms with Crippen LogP contribution in [0.5, 0.6) is 0 Å². The number of carbonyl (C=O) groups excluding carboxylic acids is 2. The molecule has 0 aromatic carbocycles. The fraction of sp³-hybridized carbons (Fsp3) is 0.882. The second kappa shape index (κ2) is 5.98. The van der Waals surface area contributed by atoms with Gasteiger partial charge in [0, 0.05) is 5.54 Å². The number of hydrogen-bond donors (Lipinski definition) is 1. The molecule has 1 saturated carbocycles. The maximum atomic E-state index is 13.1. The van der Waals surface area contributed by atoms with Gasteiger partial charge in [-0.2, -0.15) is 0 Å². The van der Waals surface area contributed by atoms with Crippen LogP contribution in [0, 0.1) is 11.8 Å². The van der Waals surface area contributed by atoms with E-state index in [1.54, 1.807) is 0 Å². The van der Waals surface area contributed by atoms with Crippen LogP contribution in [0.3, 0.4) is 0 Å². The minimum atomic E-state index is -0.352. The van der Waals surface area contributed by atoms with E-state index in [9.17, 15) is 9.59 Å². The smallest absolute Gasteiger partial charge is 0.246 e. The second-order valence-electron chi connectivity index (χ2n) is 7.47. The molecule has 1 N–H and O–H groups in total. The molecule has 0 aromatic rings. The Morgan fingerprint density at radius 3 is 2.29 bits per heavy atom. The normalized spacial score (nSPS) is 30.7. The lowest BCUT2D eigenvalue weighted by Gasteiger charge is -2.50. The molecule has 0 radical (unpaired) electrons. The van der Waals surface area contributed by atoms with Gasteiger partial charge in [0.25, 0.3) is 0 Å². The Kier molecular flexibility index (Phi) is 4.64. The van der Waals surface area contributed by atoms with Gasteiger partial charge in [-0.05, 0) is 31.6 Å². The van der Waals surface area contributed by atoms with Crippen LogP contribution in [0.15, 0.2) is 0 Å². The molecule has 3 atom stereocenters. The molecule has 1 heterocycles. The van der Waals surface area contributed by atoms with Crippen molar-refractivity contribution in [2.45, 2.75) is 84.3 Å². The summed E-state index contributed by atoms with van der Waals surface area (Å²) in [5.74, 6) is 0.487. The molecule has 4 nitrogen and oxygen atoms in total. The maximum Gasteiger partial charge on any atom is 0.246 e.